The van der Waals surface area contributed by atoms with E-state index in [1.165, 1.54) is 4.68 Å². The first kappa shape index (κ1) is 23.0. The molecule has 8 heteroatoms. The van der Waals surface area contributed by atoms with E-state index in [-0.39, 0.29) is 0 Å². The molecule has 2 aromatic carbocycles. The molecule has 0 unspecified atom stereocenters. The van der Waals surface area contributed by atoms with Crippen LogP contribution in [0.15, 0.2) is 42.6 Å². The second-order valence-electron chi connectivity index (χ2n) is 7.96. The Morgan fingerprint density at radius 2 is 1.44 bits per heavy atom. The maximum absolute atomic E-state index is 12.7. The van der Waals surface area contributed by atoms with Crippen molar-refractivity contribution in [1.29, 1.82) is 0 Å². The lowest BCUT2D eigenvalue weighted by molar-refractivity contribution is 0.0515. The minimum atomic E-state index is -0.657. The molecule has 0 aliphatic heterocycles. The topological polar surface area (TPSA) is 81.0 Å². The Morgan fingerprint density at radius 3 is 1.91 bits per heavy atom. The minimum absolute atomic E-state index is 0.469. The molecular weight excluding hydrogens is 412 g/mol. The van der Waals surface area contributed by atoms with Crippen LogP contribution in [-0.4, -0.2) is 49.9 Å². The molecule has 3 aromatic rings. The number of nitrogens with zero attached hydrogens (tertiary/aromatic N) is 2. The summed E-state index contributed by atoms with van der Waals surface area (Å²) < 4.78 is 28.4. The van der Waals surface area contributed by atoms with Crippen molar-refractivity contribution >= 4 is 6.09 Å². The summed E-state index contributed by atoms with van der Waals surface area (Å²) in [6.07, 6.45) is 1.07. The zero-order chi connectivity index (χ0) is 23.5. The lowest BCUT2D eigenvalue weighted by Crippen LogP contribution is -2.27. The van der Waals surface area contributed by atoms with Crippen LogP contribution in [0.25, 0.3) is 22.4 Å². The zero-order valence-corrected chi connectivity index (χ0v) is 19.4. The van der Waals surface area contributed by atoms with Crippen molar-refractivity contribution in [2.45, 2.75) is 26.4 Å². The summed E-state index contributed by atoms with van der Waals surface area (Å²) in [6.45, 7) is 5.41. The monoisotopic (exact) mass is 440 g/mol. The molecule has 1 heterocycles. The maximum atomic E-state index is 12.7. The molecule has 8 nitrogen and oxygen atoms in total. The van der Waals surface area contributed by atoms with Gasteiger partial charge in [0.15, 0.2) is 11.5 Å². The minimum Gasteiger partial charge on any atom is -0.497 e. The molecule has 0 N–H and O–H groups in total. The molecule has 32 heavy (non-hydrogen) atoms. The second kappa shape index (κ2) is 9.21. The van der Waals surface area contributed by atoms with Gasteiger partial charge in [0, 0.05) is 17.3 Å². The summed E-state index contributed by atoms with van der Waals surface area (Å²) in [5.74, 6) is 2.16. The molecule has 0 amide bonds. The van der Waals surface area contributed by atoms with E-state index < -0.39 is 11.7 Å². The number of benzene rings is 2. The summed E-state index contributed by atoms with van der Waals surface area (Å²) in [7, 11) is 6.24. The first-order valence-corrected chi connectivity index (χ1v) is 9.98. The van der Waals surface area contributed by atoms with Gasteiger partial charge in [-0.25, -0.2) is 4.79 Å². The number of hydrogen-bond acceptors (Lipinski definition) is 7. The van der Waals surface area contributed by atoms with Gasteiger partial charge >= 0.3 is 6.09 Å². The van der Waals surface area contributed by atoms with Crippen LogP contribution in [0.5, 0.6) is 23.0 Å². The fourth-order valence-electron chi connectivity index (χ4n) is 3.19. The molecule has 0 bridgehead atoms. The number of aromatic nitrogens is 2. The summed E-state index contributed by atoms with van der Waals surface area (Å²) in [4.78, 5) is 12.7. The van der Waals surface area contributed by atoms with E-state index in [0.29, 0.717) is 28.5 Å². The molecule has 0 saturated heterocycles. The Bertz CT molecular complexity index is 1070. The first-order chi connectivity index (χ1) is 15.2. The smallest absolute Gasteiger partial charge is 0.435 e. The van der Waals surface area contributed by atoms with Crippen molar-refractivity contribution in [1.82, 2.24) is 9.78 Å². The van der Waals surface area contributed by atoms with Crippen LogP contribution >= 0.6 is 0 Å². The van der Waals surface area contributed by atoms with E-state index in [1.807, 2.05) is 24.3 Å². The van der Waals surface area contributed by atoms with E-state index in [0.717, 1.165) is 16.9 Å². The molecule has 170 valence electrons. The van der Waals surface area contributed by atoms with Crippen molar-refractivity contribution in [2.24, 2.45) is 0 Å². The SMILES string of the molecule is COc1ccc(-c2cn(C(=O)OC(C)(C)C)nc2-c2cc(OC)c(OC)c(OC)c2)cc1. The van der Waals surface area contributed by atoms with Crippen molar-refractivity contribution in [3.63, 3.8) is 0 Å². The molecule has 0 radical (unpaired) electrons. The molecule has 0 aliphatic rings. The van der Waals surface area contributed by atoms with E-state index in [4.69, 9.17) is 23.7 Å². The van der Waals surface area contributed by atoms with Crippen LogP contribution in [0.2, 0.25) is 0 Å². The standard InChI is InChI=1S/C24H28N2O6/c1-24(2,3)32-23(27)26-14-18(15-8-10-17(28-4)11-9-15)21(25-26)16-12-19(29-5)22(31-7)20(13-16)30-6/h8-14H,1-7H3. The quantitative estimate of drug-likeness (QED) is 0.531. The van der Waals surface area contributed by atoms with Gasteiger partial charge in [0.2, 0.25) is 5.75 Å². The number of carbonyl (C=O) groups excluding carboxylic acids is 1. The highest BCUT2D eigenvalue weighted by Gasteiger charge is 2.23. The molecule has 0 spiro atoms. The van der Waals surface area contributed by atoms with Crippen LogP contribution in [0, 0.1) is 0 Å². The van der Waals surface area contributed by atoms with Crippen LogP contribution in [-0.2, 0) is 4.74 Å². The fraction of sp³-hybridized carbons (Fsp3) is 0.333. The van der Waals surface area contributed by atoms with Gasteiger partial charge < -0.3 is 23.7 Å². The number of rotatable bonds is 6. The van der Waals surface area contributed by atoms with Crippen molar-refractivity contribution in [3.8, 4) is 45.4 Å². The van der Waals surface area contributed by atoms with E-state index in [2.05, 4.69) is 5.10 Å². The van der Waals surface area contributed by atoms with Crippen molar-refractivity contribution in [2.75, 3.05) is 28.4 Å². The normalized spacial score (nSPS) is 11.1. The third-order valence-corrected chi connectivity index (χ3v) is 4.63. The average Bonchev–Trinajstić information content (AvgIpc) is 3.22. The number of ether oxygens (including phenoxy) is 5. The molecular formula is C24H28N2O6. The maximum Gasteiger partial charge on any atom is 0.435 e. The van der Waals surface area contributed by atoms with Gasteiger partial charge in [-0.15, -0.1) is 0 Å². The highest BCUT2D eigenvalue weighted by molar-refractivity contribution is 5.85. The van der Waals surface area contributed by atoms with E-state index >= 15 is 0 Å². The Balaban J connectivity index is 2.20. The number of methoxy groups -OCH3 is 4. The molecule has 3 rings (SSSR count). The molecule has 0 aliphatic carbocycles. The molecule has 1 aromatic heterocycles. The van der Waals surface area contributed by atoms with E-state index in [9.17, 15) is 4.79 Å². The van der Waals surface area contributed by atoms with Crippen LogP contribution in [0.1, 0.15) is 20.8 Å². The zero-order valence-electron chi connectivity index (χ0n) is 19.4. The van der Waals surface area contributed by atoms with Gasteiger partial charge in [-0.2, -0.15) is 9.78 Å². The van der Waals surface area contributed by atoms with Crippen molar-refractivity contribution < 1.29 is 28.5 Å². The average molecular weight is 440 g/mol. The highest BCUT2D eigenvalue weighted by atomic mass is 16.6. The molecule has 0 fully saturated rings. The van der Waals surface area contributed by atoms with Gasteiger partial charge in [0.25, 0.3) is 0 Å². The molecule has 0 saturated carbocycles. The van der Waals surface area contributed by atoms with Gasteiger partial charge in [-0.1, -0.05) is 12.1 Å². The van der Waals surface area contributed by atoms with Crippen LogP contribution < -0.4 is 18.9 Å². The fourth-order valence-corrected chi connectivity index (χ4v) is 3.19. The summed E-state index contributed by atoms with van der Waals surface area (Å²) in [5, 5.41) is 4.55. The van der Waals surface area contributed by atoms with Gasteiger partial charge in [-0.3, -0.25) is 0 Å². The summed E-state index contributed by atoms with van der Waals surface area (Å²) >= 11 is 0. The largest absolute Gasteiger partial charge is 0.497 e. The molecule has 0 atom stereocenters. The van der Waals surface area contributed by atoms with Gasteiger partial charge in [0.05, 0.1) is 28.4 Å². The predicted molar refractivity (Wildman–Crippen MR) is 121 cm³/mol. The Hall–Kier alpha value is -3.68. The summed E-state index contributed by atoms with van der Waals surface area (Å²) in [6, 6.07) is 11.1. The lowest BCUT2D eigenvalue weighted by atomic mass is 10.0. The van der Waals surface area contributed by atoms with Crippen molar-refractivity contribution in [3.05, 3.63) is 42.6 Å². The number of hydrogen-bond donors (Lipinski definition) is 0. The predicted octanol–water partition coefficient (Wildman–Crippen LogP) is 5.03. The van der Waals surface area contributed by atoms with Gasteiger partial charge in [0.1, 0.15) is 17.0 Å². The van der Waals surface area contributed by atoms with Gasteiger partial charge in [-0.05, 0) is 50.6 Å². The Kier molecular flexibility index (Phi) is 6.62. The Labute approximate surface area is 187 Å². The number of carbonyl (C=O) groups is 1. The third kappa shape index (κ3) is 4.80. The lowest BCUT2D eigenvalue weighted by Gasteiger charge is -2.18. The summed E-state index contributed by atoms with van der Waals surface area (Å²) in [5.41, 5.74) is 2.17. The Morgan fingerprint density at radius 1 is 0.844 bits per heavy atom. The van der Waals surface area contributed by atoms with Crippen LogP contribution in [0.3, 0.4) is 0 Å². The van der Waals surface area contributed by atoms with Crippen LogP contribution in [0.4, 0.5) is 4.79 Å². The third-order valence-electron chi connectivity index (χ3n) is 4.63. The highest BCUT2D eigenvalue weighted by Crippen LogP contribution is 2.43. The van der Waals surface area contributed by atoms with E-state index in [1.54, 1.807) is 67.5 Å². The first-order valence-electron chi connectivity index (χ1n) is 9.98. The second-order valence-corrected chi connectivity index (χ2v) is 7.96.